The van der Waals surface area contributed by atoms with Gasteiger partial charge in [-0.2, -0.15) is 0 Å². The molecular formula is C20H27N3O2. The highest BCUT2D eigenvalue weighted by Gasteiger charge is 2.43. The van der Waals surface area contributed by atoms with Crippen LogP contribution in [0.3, 0.4) is 0 Å². The van der Waals surface area contributed by atoms with E-state index in [1.54, 1.807) is 0 Å². The molecule has 0 bridgehead atoms. The Morgan fingerprint density at radius 1 is 1.24 bits per heavy atom. The second-order valence-electron chi connectivity index (χ2n) is 7.33. The summed E-state index contributed by atoms with van der Waals surface area (Å²) in [5, 5.41) is 1.25. The number of carbonyl (C=O) groups excluding carboxylic acids is 1. The number of fused-ring (bicyclic) bond motifs is 1. The van der Waals surface area contributed by atoms with E-state index < -0.39 is 0 Å². The monoisotopic (exact) mass is 341 g/mol. The zero-order valence-corrected chi connectivity index (χ0v) is 15.0. The van der Waals surface area contributed by atoms with Crippen LogP contribution in [-0.4, -0.2) is 59.1 Å². The van der Waals surface area contributed by atoms with Crippen molar-refractivity contribution in [2.45, 2.75) is 38.3 Å². The second-order valence-corrected chi connectivity index (χ2v) is 7.33. The first-order chi connectivity index (χ1) is 12.2. The Balaban J connectivity index is 1.57. The third-order valence-electron chi connectivity index (χ3n) is 5.80. The van der Waals surface area contributed by atoms with E-state index in [1.807, 2.05) is 6.20 Å². The Kier molecular flexibility index (Phi) is 4.52. The van der Waals surface area contributed by atoms with Crippen molar-refractivity contribution in [3.8, 4) is 0 Å². The third-order valence-corrected chi connectivity index (χ3v) is 5.80. The van der Waals surface area contributed by atoms with Gasteiger partial charge in [-0.15, -0.1) is 0 Å². The van der Waals surface area contributed by atoms with Crippen LogP contribution in [0.1, 0.15) is 31.7 Å². The molecule has 2 aliphatic heterocycles. The molecule has 1 aromatic carbocycles. The van der Waals surface area contributed by atoms with Gasteiger partial charge in [-0.05, 0) is 48.9 Å². The molecule has 0 saturated carbocycles. The van der Waals surface area contributed by atoms with Gasteiger partial charge in [-0.3, -0.25) is 9.69 Å². The quantitative estimate of drug-likeness (QED) is 0.934. The van der Waals surface area contributed by atoms with E-state index in [1.165, 1.54) is 16.5 Å². The van der Waals surface area contributed by atoms with Gasteiger partial charge in [0, 0.05) is 57.5 Å². The molecule has 134 valence electrons. The van der Waals surface area contributed by atoms with Gasteiger partial charge in [-0.1, -0.05) is 6.07 Å². The number of nitrogens with zero attached hydrogens (tertiary/aromatic N) is 2. The summed E-state index contributed by atoms with van der Waals surface area (Å²) in [5.41, 5.74) is 2.43. The first-order valence-electron chi connectivity index (χ1n) is 9.37. The Labute approximate surface area is 148 Å². The number of benzene rings is 1. The molecule has 2 aliphatic rings. The summed E-state index contributed by atoms with van der Waals surface area (Å²) in [4.78, 5) is 20.6. The van der Waals surface area contributed by atoms with Gasteiger partial charge in [0.1, 0.15) is 0 Å². The number of rotatable bonds is 3. The Bertz CT molecular complexity index is 748. The Hall–Kier alpha value is -1.85. The van der Waals surface area contributed by atoms with Crippen molar-refractivity contribution < 1.29 is 9.53 Å². The average Bonchev–Trinajstić information content (AvgIpc) is 3.04. The van der Waals surface area contributed by atoms with Gasteiger partial charge < -0.3 is 14.6 Å². The predicted octanol–water partition coefficient (Wildman–Crippen LogP) is 2.77. The van der Waals surface area contributed by atoms with Crippen molar-refractivity contribution in [3.63, 3.8) is 0 Å². The van der Waals surface area contributed by atoms with Crippen molar-refractivity contribution >= 4 is 16.8 Å². The first-order valence-corrected chi connectivity index (χ1v) is 9.37. The van der Waals surface area contributed by atoms with Crippen molar-refractivity contribution in [2.24, 2.45) is 0 Å². The van der Waals surface area contributed by atoms with E-state index in [0.29, 0.717) is 12.3 Å². The normalized spacial score (nSPS) is 21.8. The minimum Gasteiger partial charge on any atom is -0.381 e. The summed E-state index contributed by atoms with van der Waals surface area (Å²) in [6.45, 7) is 7.09. The van der Waals surface area contributed by atoms with Crippen LogP contribution in [0.15, 0.2) is 30.5 Å². The molecular weight excluding hydrogens is 314 g/mol. The van der Waals surface area contributed by atoms with Crippen LogP contribution >= 0.6 is 0 Å². The lowest BCUT2D eigenvalue weighted by Gasteiger charge is -2.46. The van der Waals surface area contributed by atoms with Gasteiger partial charge >= 0.3 is 0 Å². The molecule has 0 atom stereocenters. The number of hydrogen-bond donors (Lipinski definition) is 1. The van der Waals surface area contributed by atoms with E-state index >= 15 is 0 Å². The maximum atomic E-state index is 12.7. The van der Waals surface area contributed by atoms with Crippen LogP contribution < -0.4 is 0 Å². The summed E-state index contributed by atoms with van der Waals surface area (Å²) < 4.78 is 5.60. The first kappa shape index (κ1) is 16.6. The number of ether oxygens (including phenoxy) is 1. The molecule has 2 aromatic rings. The molecule has 1 spiro atoms. The fourth-order valence-electron chi connectivity index (χ4n) is 4.52. The molecule has 1 amide bonds. The van der Waals surface area contributed by atoms with Gasteiger partial charge in [-0.25, -0.2) is 0 Å². The standard InChI is InChI=1S/C20H27N3O2/c1-2-23-19(24)6-10-22(15-20(23)7-11-25-12-8-20)14-16-3-4-18-17(13-16)5-9-21-18/h3-5,9,13,21H,2,6-8,10-12,14-15H2,1H3. The smallest absolute Gasteiger partial charge is 0.224 e. The van der Waals surface area contributed by atoms with Crippen molar-refractivity contribution in [2.75, 3.05) is 32.8 Å². The van der Waals surface area contributed by atoms with E-state index in [-0.39, 0.29) is 5.54 Å². The molecule has 1 aromatic heterocycles. The zero-order valence-electron chi connectivity index (χ0n) is 15.0. The van der Waals surface area contributed by atoms with Gasteiger partial charge in [0.15, 0.2) is 0 Å². The summed E-state index contributed by atoms with van der Waals surface area (Å²) >= 11 is 0. The zero-order chi connectivity index (χ0) is 17.3. The molecule has 25 heavy (non-hydrogen) atoms. The SMILES string of the molecule is CCN1C(=O)CCN(Cc2ccc3[nH]ccc3c2)CC12CCOCC2. The molecule has 0 unspecified atom stereocenters. The fourth-order valence-corrected chi connectivity index (χ4v) is 4.52. The van der Waals surface area contributed by atoms with E-state index in [9.17, 15) is 4.79 Å². The highest BCUT2D eigenvalue weighted by molar-refractivity contribution is 5.80. The van der Waals surface area contributed by atoms with E-state index in [0.717, 1.165) is 52.2 Å². The van der Waals surface area contributed by atoms with Gasteiger partial charge in [0.2, 0.25) is 5.91 Å². The van der Waals surface area contributed by atoms with Crippen molar-refractivity contribution in [1.82, 2.24) is 14.8 Å². The number of nitrogens with one attached hydrogen (secondary N) is 1. The van der Waals surface area contributed by atoms with Crippen LogP contribution in [0.4, 0.5) is 0 Å². The maximum absolute atomic E-state index is 12.7. The molecule has 4 rings (SSSR count). The van der Waals surface area contributed by atoms with Crippen LogP contribution in [0.25, 0.3) is 10.9 Å². The van der Waals surface area contributed by atoms with Crippen LogP contribution in [0.5, 0.6) is 0 Å². The number of hydrogen-bond acceptors (Lipinski definition) is 3. The van der Waals surface area contributed by atoms with E-state index in [4.69, 9.17) is 4.74 Å². The largest absolute Gasteiger partial charge is 0.381 e. The number of H-pyrrole nitrogens is 1. The minimum atomic E-state index is -0.0568. The molecule has 5 nitrogen and oxygen atoms in total. The van der Waals surface area contributed by atoms with Gasteiger partial charge in [0.25, 0.3) is 0 Å². The lowest BCUT2D eigenvalue weighted by atomic mass is 9.87. The number of amides is 1. The lowest BCUT2D eigenvalue weighted by Crippen LogP contribution is -2.58. The molecule has 5 heteroatoms. The van der Waals surface area contributed by atoms with Crippen molar-refractivity contribution in [3.05, 3.63) is 36.0 Å². The summed E-state index contributed by atoms with van der Waals surface area (Å²) in [5.74, 6) is 0.299. The van der Waals surface area contributed by atoms with Crippen LogP contribution in [0.2, 0.25) is 0 Å². The molecule has 2 saturated heterocycles. The Morgan fingerprint density at radius 3 is 2.88 bits per heavy atom. The van der Waals surface area contributed by atoms with E-state index in [2.05, 4.69) is 46.0 Å². The highest BCUT2D eigenvalue weighted by Crippen LogP contribution is 2.32. The third kappa shape index (κ3) is 3.18. The summed E-state index contributed by atoms with van der Waals surface area (Å²) in [6, 6.07) is 8.71. The van der Waals surface area contributed by atoms with Crippen LogP contribution in [-0.2, 0) is 16.1 Å². The fraction of sp³-hybridized carbons (Fsp3) is 0.550. The molecule has 1 N–H and O–H groups in total. The summed E-state index contributed by atoms with van der Waals surface area (Å²) in [6.07, 6.45) is 4.48. The minimum absolute atomic E-state index is 0.0568. The Morgan fingerprint density at radius 2 is 2.08 bits per heavy atom. The highest BCUT2D eigenvalue weighted by atomic mass is 16.5. The number of likely N-dealkylation sites (N-methyl/N-ethyl adjacent to an activating group) is 1. The molecule has 2 fully saturated rings. The number of carbonyl (C=O) groups is 1. The number of aromatic nitrogens is 1. The molecule has 0 radical (unpaired) electrons. The average molecular weight is 341 g/mol. The summed E-state index contributed by atoms with van der Waals surface area (Å²) in [7, 11) is 0. The molecule has 0 aliphatic carbocycles. The topological polar surface area (TPSA) is 48.6 Å². The molecule has 3 heterocycles. The second kappa shape index (κ2) is 6.81. The maximum Gasteiger partial charge on any atom is 0.224 e. The van der Waals surface area contributed by atoms with Crippen molar-refractivity contribution in [1.29, 1.82) is 0 Å². The predicted molar refractivity (Wildman–Crippen MR) is 98.4 cm³/mol. The van der Waals surface area contributed by atoms with Crippen LogP contribution in [0, 0.1) is 0 Å². The van der Waals surface area contributed by atoms with Gasteiger partial charge in [0.05, 0.1) is 5.54 Å². The lowest BCUT2D eigenvalue weighted by molar-refractivity contribution is -0.140. The number of aromatic amines is 1.